The Morgan fingerprint density at radius 2 is 2.12 bits per heavy atom. The zero-order valence-electron chi connectivity index (χ0n) is 14.4. The number of benzene rings is 2. The molecule has 1 saturated heterocycles. The Morgan fingerprint density at radius 3 is 2.92 bits per heavy atom. The number of para-hydroxylation sites is 1. The van der Waals surface area contributed by atoms with E-state index < -0.39 is 0 Å². The fourth-order valence-electron chi connectivity index (χ4n) is 2.84. The van der Waals surface area contributed by atoms with Crippen LogP contribution in [-0.4, -0.2) is 32.3 Å². The molecular weight excluding hydrogens is 318 g/mol. The maximum absolute atomic E-state index is 12.6. The molecule has 25 heavy (non-hydrogen) atoms. The van der Waals surface area contributed by atoms with Gasteiger partial charge in [0.1, 0.15) is 12.4 Å². The Morgan fingerprint density at radius 1 is 1.24 bits per heavy atom. The molecule has 0 radical (unpaired) electrons. The largest absolute Gasteiger partial charge is 0.490 e. The van der Waals surface area contributed by atoms with Crippen molar-refractivity contribution in [3.05, 3.63) is 59.7 Å². The van der Waals surface area contributed by atoms with Crippen LogP contribution in [0.15, 0.2) is 48.5 Å². The maximum Gasteiger partial charge on any atom is 0.259 e. The number of hydrogen-bond acceptors (Lipinski definition) is 4. The number of hydrogen-bond donors (Lipinski definition) is 1. The molecule has 1 heterocycles. The van der Waals surface area contributed by atoms with Crippen LogP contribution in [0.25, 0.3) is 0 Å². The first kappa shape index (κ1) is 17.5. The van der Waals surface area contributed by atoms with Gasteiger partial charge in [-0.25, -0.2) is 0 Å². The minimum atomic E-state index is -0.197. The van der Waals surface area contributed by atoms with Crippen LogP contribution >= 0.6 is 0 Å². The van der Waals surface area contributed by atoms with Crippen LogP contribution in [-0.2, 0) is 16.1 Å². The van der Waals surface area contributed by atoms with E-state index in [1.807, 2.05) is 42.5 Å². The Balaban J connectivity index is 1.68. The van der Waals surface area contributed by atoms with Gasteiger partial charge in [-0.3, -0.25) is 4.79 Å². The van der Waals surface area contributed by atoms with Crippen molar-refractivity contribution in [1.29, 1.82) is 0 Å². The fraction of sp³-hybridized carbons (Fsp3) is 0.350. The third-order valence-electron chi connectivity index (χ3n) is 4.08. The van der Waals surface area contributed by atoms with E-state index in [9.17, 15) is 4.79 Å². The molecule has 0 saturated carbocycles. The van der Waals surface area contributed by atoms with E-state index in [1.54, 1.807) is 13.2 Å². The van der Waals surface area contributed by atoms with Crippen LogP contribution in [0.2, 0.25) is 0 Å². The normalized spacial score (nSPS) is 16.6. The topological polar surface area (TPSA) is 56.8 Å². The van der Waals surface area contributed by atoms with Crippen LogP contribution in [0.5, 0.6) is 5.75 Å². The highest BCUT2D eigenvalue weighted by atomic mass is 16.5. The van der Waals surface area contributed by atoms with Crippen molar-refractivity contribution in [3.8, 4) is 5.75 Å². The molecule has 1 unspecified atom stereocenters. The van der Waals surface area contributed by atoms with E-state index in [-0.39, 0.29) is 12.0 Å². The Hall–Kier alpha value is -2.37. The number of ether oxygens (including phenoxy) is 3. The predicted octanol–water partition coefficient (Wildman–Crippen LogP) is 3.64. The SMILES string of the molecule is COCc1cccc(NC(=O)c2ccccc2OCC2CCCO2)c1. The first-order valence-corrected chi connectivity index (χ1v) is 8.49. The Labute approximate surface area is 147 Å². The number of rotatable bonds is 7. The predicted molar refractivity (Wildman–Crippen MR) is 96.0 cm³/mol. The number of amides is 1. The lowest BCUT2D eigenvalue weighted by Crippen LogP contribution is -2.19. The molecule has 132 valence electrons. The van der Waals surface area contributed by atoms with Gasteiger partial charge in [0.2, 0.25) is 0 Å². The van der Waals surface area contributed by atoms with Gasteiger partial charge in [-0.15, -0.1) is 0 Å². The molecule has 5 nitrogen and oxygen atoms in total. The summed E-state index contributed by atoms with van der Waals surface area (Å²) in [4.78, 5) is 12.6. The zero-order chi connectivity index (χ0) is 17.5. The highest BCUT2D eigenvalue weighted by molar-refractivity contribution is 6.06. The van der Waals surface area contributed by atoms with Crippen molar-refractivity contribution in [1.82, 2.24) is 0 Å². The lowest BCUT2D eigenvalue weighted by atomic mass is 10.1. The van der Waals surface area contributed by atoms with Crippen molar-refractivity contribution in [2.24, 2.45) is 0 Å². The molecule has 5 heteroatoms. The molecule has 1 fully saturated rings. The number of carbonyl (C=O) groups is 1. The third kappa shape index (κ3) is 4.81. The summed E-state index contributed by atoms with van der Waals surface area (Å²) in [5.41, 5.74) is 2.24. The molecule has 0 aliphatic carbocycles. The average molecular weight is 341 g/mol. The summed E-state index contributed by atoms with van der Waals surface area (Å²) in [6.45, 7) is 1.76. The van der Waals surface area contributed by atoms with E-state index in [0.717, 1.165) is 30.7 Å². The first-order chi connectivity index (χ1) is 12.3. The van der Waals surface area contributed by atoms with E-state index in [2.05, 4.69) is 5.32 Å². The van der Waals surface area contributed by atoms with Crippen molar-refractivity contribution in [2.45, 2.75) is 25.6 Å². The van der Waals surface area contributed by atoms with E-state index in [1.165, 1.54) is 0 Å². The zero-order valence-corrected chi connectivity index (χ0v) is 14.4. The maximum atomic E-state index is 12.6. The molecule has 0 spiro atoms. The summed E-state index contributed by atoms with van der Waals surface area (Å²) in [5, 5.41) is 2.92. The van der Waals surface area contributed by atoms with Gasteiger partial charge < -0.3 is 19.5 Å². The lowest BCUT2D eigenvalue weighted by molar-refractivity contribution is 0.0673. The van der Waals surface area contributed by atoms with Gasteiger partial charge in [-0.05, 0) is 42.7 Å². The van der Waals surface area contributed by atoms with Crippen molar-refractivity contribution >= 4 is 11.6 Å². The third-order valence-corrected chi connectivity index (χ3v) is 4.08. The molecule has 1 amide bonds. The summed E-state index contributed by atoms with van der Waals surface area (Å²) >= 11 is 0. The summed E-state index contributed by atoms with van der Waals surface area (Å²) in [5.74, 6) is 0.376. The molecule has 2 aromatic rings. The van der Waals surface area contributed by atoms with Gasteiger partial charge in [0.15, 0.2) is 0 Å². The fourth-order valence-corrected chi connectivity index (χ4v) is 2.84. The number of anilines is 1. The molecule has 0 bridgehead atoms. The summed E-state index contributed by atoms with van der Waals surface area (Å²) in [6.07, 6.45) is 2.18. The molecule has 1 aliphatic heterocycles. The van der Waals surface area contributed by atoms with Gasteiger partial charge >= 0.3 is 0 Å². The van der Waals surface area contributed by atoms with Gasteiger partial charge in [0.25, 0.3) is 5.91 Å². The molecule has 2 aromatic carbocycles. The summed E-state index contributed by atoms with van der Waals surface area (Å²) in [6, 6.07) is 14.9. The van der Waals surface area contributed by atoms with E-state index >= 15 is 0 Å². The Bertz CT molecular complexity index is 710. The van der Waals surface area contributed by atoms with Gasteiger partial charge in [0, 0.05) is 19.4 Å². The second kappa shape index (κ2) is 8.65. The van der Waals surface area contributed by atoms with Crippen LogP contribution in [0.3, 0.4) is 0 Å². The van der Waals surface area contributed by atoms with Crippen LogP contribution < -0.4 is 10.1 Å². The van der Waals surface area contributed by atoms with Crippen molar-refractivity contribution in [3.63, 3.8) is 0 Å². The standard InChI is InChI=1S/C20H23NO4/c1-23-13-15-6-4-7-16(12-15)21-20(22)18-9-2-3-10-19(18)25-14-17-8-5-11-24-17/h2-4,6-7,9-10,12,17H,5,8,11,13-14H2,1H3,(H,21,22). The summed E-state index contributed by atoms with van der Waals surface area (Å²) < 4.78 is 16.5. The van der Waals surface area contributed by atoms with Gasteiger partial charge in [-0.1, -0.05) is 24.3 Å². The second-order valence-electron chi connectivity index (χ2n) is 6.03. The summed E-state index contributed by atoms with van der Waals surface area (Å²) in [7, 11) is 1.65. The van der Waals surface area contributed by atoms with Crippen LogP contribution in [0.1, 0.15) is 28.8 Å². The highest BCUT2D eigenvalue weighted by Gasteiger charge is 2.18. The average Bonchev–Trinajstić information content (AvgIpc) is 3.14. The minimum Gasteiger partial charge on any atom is -0.490 e. The van der Waals surface area contributed by atoms with Gasteiger partial charge in [-0.2, -0.15) is 0 Å². The van der Waals surface area contributed by atoms with E-state index in [4.69, 9.17) is 14.2 Å². The molecule has 1 N–H and O–H groups in total. The van der Waals surface area contributed by atoms with Crippen molar-refractivity contribution < 1.29 is 19.0 Å². The minimum absolute atomic E-state index is 0.113. The monoisotopic (exact) mass is 341 g/mol. The molecule has 1 aliphatic rings. The molecule has 3 rings (SSSR count). The second-order valence-corrected chi connectivity index (χ2v) is 6.03. The van der Waals surface area contributed by atoms with Crippen LogP contribution in [0, 0.1) is 0 Å². The number of carbonyl (C=O) groups excluding carboxylic acids is 1. The Kier molecular flexibility index (Phi) is 6.04. The smallest absolute Gasteiger partial charge is 0.259 e. The van der Waals surface area contributed by atoms with Crippen LogP contribution in [0.4, 0.5) is 5.69 Å². The quantitative estimate of drug-likeness (QED) is 0.835. The van der Waals surface area contributed by atoms with Gasteiger partial charge in [0.05, 0.1) is 18.3 Å². The first-order valence-electron chi connectivity index (χ1n) is 8.49. The molecule has 1 atom stereocenters. The lowest BCUT2D eigenvalue weighted by Gasteiger charge is -2.14. The molecule has 0 aromatic heterocycles. The number of nitrogens with one attached hydrogen (secondary N) is 1. The number of methoxy groups -OCH3 is 1. The highest BCUT2D eigenvalue weighted by Crippen LogP contribution is 2.22. The van der Waals surface area contributed by atoms with Crippen molar-refractivity contribution in [2.75, 3.05) is 25.6 Å². The van der Waals surface area contributed by atoms with E-state index in [0.29, 0.717) is 24.5 Å². The molecular formula is C20H23NO4.